The third-order valence-electron chi connectivity index (χ3n) is 10.8. The number of piperidine rings is 2. The monoisotopic (exact) mass is 568 g/mol. The maximum atomic E-state index is 12.3. The predicted octanol–water partition coefficient (Wildman–Crippen LogP) is 7.63. The van der Waals surface area contributed by atoms with Crippen molar-refractivity contribution in [2.24, 2.45) is 0 Å². The molecule has 6 heterocycles. The molecule has 7 heteroatoms. The number of imidazole rings is 2. The van der Waals surface area contributed by atoms with Crippen LogP contribution in [0.3, 0.4) is 0 Å². The molecule has 3 saturated heterocycles. The van der Waals surface area contributed by atoms with Gasteiger partial charge in [-0.15, -0.1) is 0 Å². The summed E-state index contributed by atoms with van der Waals surface area (Å²) in [7, 11) is 0. The highest BCUT2D eigenvalue weighted by Gasteiger charge is 2.66. The van der Waals surface area contributed by atoms with Crippen LogP contribution in [0.15, 0.2) is 60.8 Å². The Balaban J connectivity index is 1.12. The Hall–Kier alpha value is -4.23. The number of aryl methyl sites for hydroxylation is 1. The SMILES string of the molecule is CC(=O)N1CCCC[C@H]1c1nc2ccc(-c3ccc(-c4ccc(-c5cnc(C)[nH]5)cc4)c4c3C3CC5(C)CC4N35)cc2[nH]1. The maximum absolute atomic E-state index is 12.3. The number of carbonyl (C=O) groups is 1. The predicted molar refractivity (Wildman–Crippen MR) is 168 cm³/mol. The van der Waals surface area contributed by atoms with E-state index in [1.54, 1.807) is 6.92 Å². The van der Waals surface area contributed by atoms with E-state index in [1.807, 2.05) is 18.0 Å². The summed E-state index contributed by atoms with van der Waals surface area (Å²) in [5.41, 5.74) is 12.8. The van der Waals surface area contributed by atoms with Crippen LogP contribution in [0.1, 0.15) is 86.9 Å². The lowest BCUT2D eigenvalue weighted by Crippen LogP contribution is -2.66. The average molecular weight is 569 g/mol. The number of H-pyrrole nitrogens is 2. The molecule has 9 rings (SSSR count). The van der Waals surface area contributed by atoms with Crippen molar-refractivity contribution in [1.82, 2.24) is 29.7 Å². The number of hydrogen-bond donors (Lipinski definition) is 2. The molecule has 3 fully saturated rings. The minimum Gasteiger partial charge on any atom is -0.342 e. The number of amides is 1. The van der Waals surface area contributed by atoms with Crippen LogP contribution >= 0.6 is 0 Å². The molecule has 0 radical (unpaired) electrons. The molecular weight excluding hydrogens is 532 g/mol. The normalized spacial score (nSPS) is 25.7. The lowest BCUT2D eigenvalue weighted by atomic mass is 9.68. The summed E-state index contributed by atoms with van der Waals surface area (Å²) in [5.74, 6) is 1.97. The Bertz CT molecular complexity index is 1940. The van der Waals surface area contributed by atoms with Gasteiger partial charge in [-0.25, -0.2) is 9.97 Å². The van der Waals surface area contributed by atoms with E-state index in [2.05, 4.69) is 81.4 Å². The molecule has 0 bridgehead atoms. The minimum absolute atomic E-state index is 0.0328. The molecule has 7 nitrogen and oxygen atoms in total. The van der Waals surface area contributed by atoms with Crippen LogP contribution in [0.4, 0.5) is 0 Å². The zero-order valence-electron chi connectivity index (χ0n) is 24.9. The Morgan fingerprint density at radius 2 is 1.58 bits per heavy atom. The van der Waals surface area contributed by atoms with Crippen molar-refractivity contribution in [2.75, 3.05) is 6.54 Å². The fourth-order valence-corrected chi connectivity index (χ4v) is 8.75. The van der Waals surface area contributed by atoms with Crippen LogP contribution < -0.4 is 0 Å². The smallest absolute Gasteiger partial charge is 0.220 e. The molecule has 216 valence electrons. The van der Waals surface area contributed by atoms with Crippen molar-refractivity contribution in [3.63, 3.8) is 0 Å². The van der Waals surface area contributed by atoms with Crippen LogP contribution in [0, 0.1) is 6.92 Å². The van der Waals surface area contributed by atoms with Gasteiger partial charge in [0, 0.05) is 31.1 Å². The highest BCUT2D eigenvalue weighted by molar-refractivity contribution is 5.87. The molecule has 5 aromatic rings. The van der Waals surface area contributed by atoms with Gasteiger partial charge in [0.1, 0.15) is 11.6 Å². The quantitative estimate of drug-likeness (QED) is 0.234. The van der Waals surface area contributed by atoms with Crippen molar-refractivity contribution in [1.29, 1.82) is 0 Å². The van der Waals surface area contributed by atoms with Crippen molar-refractivity contribution >= 4 is 16.9 Å². The van der Waals surface area contributed by atoms with Gasteiger partial charge in [0.25, 0.3) is 0 Å². The number of nitrogens with zero attached hydrogens (tertiary/aromatic N) is 4. The fraction of sp³-hybridized carbons (Fsp3) is 0.361. The number of aromatic amines is 2. The van der Waals surface area contributed by atoms with Crippen molar-refractivity contribution in [3.8, 4) is 33.5 Å². The van der Waals surface area contributed by atoms with Crippen LogP contribution in [-0.4, -0.2) is 47.7 Å². The Morgan fingerprint density at radius 3 is 2.26 bits per heavy atom. The number of hydrogen-bond acceptors (Lipinski definition) is 4. The fourth-order valence-electron chi connectivity index (χ4n) is 8.75. The summed E-state index contributed by atoms with van der Waals surface area (Å²) in [6.07, 6.45) is 7.51. The number of benzene rings is 3. The zero-order chi connectivity index (χ0) is 29.0. The number of fused-ring (bicyclic) bond motifs is 4. The first-order chi connectivity index (χ1) is 20.9. The van der Waals surface area contributed by atoms with E-state index >= 15 is 0 Å². The molecule has 2 aromatic heterocycles. The molecule has 3 unspecified atom stereocenters. The topological polar surface area (TPSA) is 80.9 Å². The van der Waals surface area contributed by atoms with E-state index in [4.69, 9.17) is 4.98 Å². The van der Waals surface area contributed by atoms with Gasteiger partial charge in [-0.1, -0.05) is 42.5 Å². The second kappa shape index (κ2) is 8.89. The average Bonchev–Trinajstić information content (AvgIpc) is 3.67. The van der Waals surface area contributed by atoms with Gasteiger partial charge in [0.15, 0.2) is 0 Å². The number of rotatable bonds is 4. The number of likely N-dealkylation sites (tertiary alicyclic amines) is 1. The van der Waals surface area contributed by atoms with Gasteiger partial charge < -0.3 is 14.9 Å². The Morgan fingerprint density at radius 1 is 0.884 bits per heavy atom. The van der Waals surface area contributed by atoms with Crippen molar-refractivity contribution in [2.45, 2.75) is 76.5 Å². The maximum Gasteiger partial charge on any atom is 0.220 e. The molecule has 4 aliphatic heterocycles. The molecule has 4 aliphatic rings. The molecule has 0 saturated carbocycles. The molecule has 1 amide bonds. The third-order valence-corrected chi connectivity index (χ3v) is 10.8. The number of nitrogens with one attached hydrogen (secondary N) is 2. The summed E-state index contributed by atoms with van der Waals surface area (Å²) in [4.78, 5) is 33.4. The second-order valence-corrected chi connectivity index (χ2v) is 13.4. The van der Waals surface area contributed by atoms with E-state index in [9.17, 15) is 4.79 Å². The molecule has 2 N–H and O–H groups in total. The van der Waals surface area contributed by atoms with E-state index in [0.717, 1.165) is 59.7 Å². The van der Waals surface area contributed by atoms with Gasteiger partial charge in [-0.3, -0.25) is 9.69 Å². The first-order valence-corrected chi connectivity index (χ1v) is 15.7. The third kappa shape index (κ3) is 3.61. The first-order valence-electron chi connectivity index (χ1n) is 15.7. The van der Waals surface area contributed by atoms with Crippen LogP contribution in [0.5, 0.6) is 0 Å². The van der Waals surface area contributed by atoms with Crippen LogP contribution in [0.25, 0.3) is 44.5 Å². The van der Waals surface area contributed by atoms with Crippen LogP contribution in [-0.2, 0) is 4.79 Å². The summed E-state index contributed by atoms with van der Waals surface area (Å²) >= 11 is 0. The van der Waals surface area contributed by atoms with Gasteiger partial charge in [0.2, 0.25) is 5.91 Å². The van der Waals surface area contributed by atoms with Crippen LogP contribution in [0.2, 0.25) is 0 Å². The molecule has 3 aromatic carbocycles. The zero-order valence-corrected chi connectivity index (χ0v) is 24.9. The van der Waals surface area contributed by atoms with Gasteiger partial charge in [-0.2, -0.15) is 0 Å². The Labute approximate surface area is 251 Å². The van der Waals surface area contributed by atoms with E-state index in [1.165, 1.54) is 46.2 Å². The summed E-state index contributed by atoms with van der Waals surface area (Å²) in [6, 6.07) is 21.3. The lowest BCUT2D eigenvalue weighted by molar-refractivity contribution is -0.177. The minimum atomic E-state index is 0.0328. The molecule has 0 aliphatic carbocycles. The standard InChI is InChI=1S/C36H36N6O/c1-20-37-19-29(38-20)23-9-7-22(8-10-23)25-12-13-26(34-32-18-36(3)17-31(33(25)34)42(32)36)24-11-14-27-28(16-24)40-35(39-27)30-6-4-5-15-41(30)21(2)43/h7-14,16,19,30-32H,4-6,15,17-18H2,1-3H3,(H,37,38)(H,39,40)/t30-,31?,32?,36?/m0/s1. The van der Waals surface area contributed by atoms with E-state index in [-0.39, 0.29) is 11.9 Å². The van der Waals surface area contributed by atoms with Gasteiger partial charge in [-0.05, 0) is 97.0 Å². The first kappa shape index (κ1) is 25.3. The molecule has 0 spiro atoms. The summed E-state index contributed by atoms with van der Waals surface area (Å²) < 4.78 is 0. The lowest BCUT2D eigenvalue weighted by Gasteiger charge is -2.65. The number of carbonyl (C=O) groups excluding carboxylic acids is 1. The summed E-state index contributed by atoms with van der Waals surface area (Å²) in [5, 5.41) is 0. The summed E-state index contributed by atoms with van der Waals surface area (Å²) in [6.45, 7) is 6.90. The number of aromatic nitrogens is 4. The van der Waals surface area contributed by atoms with E-state index in [0.29, 0.717) is 17.6 Å². The Kier molecular flexibility index (Phi) is 5.23. The van der Waals surface area contributed by atoms with Gasteiger partial charge in [0.05, 0.1) is 29.0 Å². The highest BCUT2D eigenvalue weighted by atomic mass is 16.2. The highest BCUT2D eigenvalue weighted by Crippen LogP contribution is 2.71. The molecule has 43 heavy (non-hydrogen) atoms. The molecular formula is C36H36N6O. The van der Waals surface area contributed by atoms with E-state index < -0.39 is 0 Å². The van der Waals surface area contributed by atoms with Crippen molar-refractivity contribution < 1.29 is 4.79 Å². The molecule has 4 atom stereocenters. The van der Waals surface area contributed by atoms with Gasteiger partial charge >= 0.3 is 0 Å². The second-order valence-electron chi connectivity index (χ2n) is 13.4. The largest absolute Gasteiger partial charge is 0.342 e. The van der Waals surface area contributed by atoms with Crippen molar-refractivity contribution in [3.05, 3.63) is 83.6 Å².